The lowest BCUT2D eigenvalue weighted by atomic mass is 9.92. The number of ketones is 4. The van der Waals surface area contributed by atoms with Crippen LogP contribution in [0.25, 0.3) is 0 Å². The zero-order valence-electron chi connectivity index (χ0n) is 19.9. The molecule has 1 aromatic carbocycles. The molecule has 2 unspecified atom stereocenters. The van der Waals surface area contributed by atoms with E-state index in [0.29, 0.717) is 24.8 Å². The lowest BCUT2D eigenvalue weighted by Crippen LogP contribution is -2.14. The zero-order valence-corrected chi connectivity index (χ0v) is 19.9. The van der Waals surface area contributed by atoms with Crippen LogP contribution in [0.2, 0.25) is 0 Å². The molecule has 5 heteroatoms. The molecule has 0 fully saturated rings. The molecule has 0 amide bonds. The summed E-state index contributed by atoms with van der Waals surface area (Å²) < 4.78 is 13.1. The molecule has 0 spiro atoms. The third-order valence-corrected chi connectivity index (χ3v) is 4.81. The van der Waals surface area contributed by atoms with Gasteiger partial charge in [0.2, 0.25) is 0 Å². The lowest BCUT2D eigenvalue weighted by molar-refractivity contribution is -0.121. The highest BCUT2D eigenvalue weighted by molar-refractivity contribution is 6.08. The van der Waals surface area contributed by atoms with Crippen molar-refractivity contribution >= 4 is 23.1 Å². The minimum Gasteiger partial charge on any atom is -0.300 e. The molecule has 4 nitrogen and oxygen atoms in total. The molecule has 0 aliphatic heterocycles. The molecule has 0 heterocycles. The van der Waals surface area contributed by atoms with E-state index in [1.807, 2.05) is 13.8 Å². The number of benzene rings is 1. The standard InChI is InChI=1S/C13H15FO2.C8H14O2.C4H10/c1-4-8(2)13(16)12-7-10(14)5-6-11(12)9(3)15;1-6(8(3)10)4-5-7(2)9;1-3-4-2/h5-8H,4H2,1-3H3;6H,4-5H2,1-3H3;3-4H2,1-2H3. The van der Waals surface area contributed by atoms with Crippen molar-refractivity contribution < 1.29 is 23.6 Å². The predicted molar refractivity (Wildman–Crippen MR) is 121 cm³/mol. The van der Waals surface area contributed by atoms with Gasteiger partial charge in [-0.2, -0.15) is 0 Å². The van der Waals surface area contributed by atoms with Crippen LogP contribution in [0.5, 0.6) is 0 Å². The third-order valence-electron chi connectivity index (χ3n) is 4.81. The van der Waals surface area contributed by atoms with E-state index >= 15 is 0 Å². The fraction of sp³-hybridized carbons (Fsp3) is 0.600. The number of hydrogen-bond donors (Lipinski definition) is 0. The summed E-state index contributed by atoms with van der Waals surface area (Å²) in [7, 11) is 0. The quantitative estimate of drug-likeness (QED) is 0.418. The molecule has 0 radical (unpaired) electrons. The second kappa shape index (κ2) is 16.6. The van der Waals surface area contributed by atoms with E-state index in [4.69, 9.17) is 0 Å². The normalized spacial score (nSPS) is 11.8. The van der Waals surface area contributed by atoms with Gasteiger partial charge in [-0.15, -0.1) is 0 Å². The highest BCUT2D eigenvalue weighted by Crippen LogP contribution is 2.18. The van der Waals surface area contributed by atoms with Crippen LogP contribution in [0, 0.1) is 17.7 Å². The molecular formula is C25H39FO4. The van der Waals surface area contributed by atoms with Gasteiger partial charge in [0, 0.05) is 29.4 Å². The predicted octanol–water partition coefficient (Wildman–Crippen LogP) is 6.64. The number of Topliss-reactive ketones (excluding diaryl/α,β-unsaturated/α-hetero) is 4. The molecule has 0 saturated carbocycles. The van der Waals surface area contributed by atoms with Gasteiger partial charge in [-0.1, -0.05) is 47.5 Å². The zero-order chi connectivity index (χ0) is 23.9. The molecule has 170 valence electrons. The highest BCUT2D eigenvalue weighted by Gasteiger charge is 2.19. The number of halogens is 1. The summed E-state index contributed by atoms with van der Waals surface area (Å²) in [5.74, 6) is -0.700. The van der Waals surface area contributed by atoms with E-state index in [0.717, 1.165) is 6.07 Å². The first kappa shape index (κ1) is 30.0. The van der Waals surface area contributed by atoms with Crippen molar-refractivity contribution in [2.75, 3.05) is 0 Å². The number of rotatable bonds is 9. The molecule has 2 atom stereocenters. The summed E-state index contributed by atoms with van der Waals surface area (Å²) >= 11 is 0. The fourth-order valence-corrected chi connectivity index (χ4v) is 2.10. The van der Waals surface area contributed by atoms with Crippen LogP contribution in [0.1, 0.15) is 108 Å². The van der Waals surface area contributed by atoms with Gasteiger partial charge in [-0.25, -0.2) is 4.39 Å². The maximum absolute atomic E-state index is 13.1. The number of unbranched alkanes of at least 4 members (excludes halogenated alkanes) is 1. The second-order valence-corrected chi connectivity index (χ2v) is 7.67. The average Bonchev–Trinajstić information content (AvgIpc) is 2.70. The van der Waals surface area contributed by atoms with Crippen LogP contribution in [0.3, 0.4) is 0 Å². The van der Waals surface area contributed by atoms with E-state index in [-0.39, 0.29) is 40.5 Å². The van der Waals surface area contributed by atoms with Crippen molar-refractivity contribution in [1.29, 1.82) is 0 Å². The van der Waals surface area contributed by atoms with Crippen LogP contribution in [-0.2, 0) is 9.59 Å². The Morgan fingerprint density at radius 2 is 1.40 bits per heavy atom. The van der Waals surface area contributed by atoms with E-state index in [1.165, 1.54) is 31.9 Å². The van der Waals surface area contributed by atoms with E-state index < -0.39 is 5.82 Å². The number of carbonyl (C=O) groups excluding carboxylic acids is 4. The van der Waals surface area contributed by atoms with E-state index in [2.05, 4.69) is 13.8 Å². The monoisotopic (exact) mass is 422 g/mol. The molecule has 1 aromatic rings. The van der Waals surface area contributed by atoms with Gasteiger partial charge in [0.15, 0.2) is 11.6 Å². The summed E-state index contributed by atoms with van der Waals surface area (Å²) in [6, 6.07) is 3.71. The Morgan fingerprint density at radius 1 is 0.867 bits per heavy atom. The van der Waals surface area contributed by atoms with Crippen molar-refractivity contribution in [3.8, 4) is 0 Å². The molecule has 0 aromatic heterocycles. The highest BCUT2D eigenvalue weighted by atomic mass is 19.1. The average molecular weight is 423 g/mol. The van der Waals surface area contributed by atoms with Gasteiger partial charge in [-0.3, -0.25) is 14.4 Å². The lowest BCUT2D eigenvalue weighted by Gasteiger charge is -2.10. The Hall–Kier alpha value is -2.17. The van der Waals surface area contributed by atoms with Crippen molar-refractivity contribution in [3.05, 3.63) is 35.1 Å². The first-order valence-corrected chi connectivity index (χ1v) is 10.8. The Balaban J connectivity index is 0. The van der Waals surface area contributed by atoms with Gasteiger partial charge in [0.25, 0.3) is 0 Å². The van der Waals surface area contributed by atoms with Crippen LogP contribution >= 0.6 is 0 Å². The Kier molecular flexibility index (Phi) is 16.6. The first-order chi connectivity index (χ1) is 13.9. The van der Waals surface area contributed by atoms with Gasteiger partial charge >= 0.3 is 0 Å². The summed E-state index contributed by atoms with van der Waals surface area (Å²) in [5, 5.41) is 0. The Bertz CT molecular complexity index is 692. The van der Waals surface area contributed by atoms with Gasteiger partial charge in [-0.05, 0) is 51.8 Å². The third kappa shape index (κ3) is 13.1. The summed E-state index contributed by atoms with van der Waals surface area (Å²) in [6.07, 6.45) is 4.54. The van der Waals surface area contributed by atoms with Crippen LogP contribution < -0.4 is 0 Å². The molecule has 0 bridgehead atoms. The van der Waals surface area contributed by atoms with Crippen molar-refractivity contribution in [1.82, 2.24) is 0 Å². The Labute approximate surface area is 181 Å². The van der Waals surface area contributed by atoms with E-state index in [1.54, 1.807) is 20.8 Å². The smallest absolute Gasteiger partial charge is 0.166 e. The maximum atomic E-state index is 13.1. The van der Waals surface area contributed by atoms with Crippen LogP contribution in [-0.4, -0.2) is 23.1 Å². The maximum Gasteiger partial charge on any atom is 0.166 e. The summed E-state index contributed by atoms with van der Waals surface area (Å²) in [6.45, 7) is 14.4. The minimum atomic E-state index is -0.489. The topological polar surface area (TPSA) is 68.3 Å². The summed E-state index contributed by atoms with van der Waals surface area (Å²) in [4.78, 5) is 44.4. The van der Waals surface area contributed by atoms with Gasteiger partial charge < -0.3 is 4.79 Å². The van der Waals surface area contributed by atoms with Crippen LogP contribution in [0.4, 0.5) is 4.39 Å². The Morgan fingerprint density at radius 3 is 1.77 bits per heavy atom. The first-order valence-electron chi connectivity index (χ1n) is 10.8. The molecule has 0 aliphatic rings. The van der Waals surface area contributed by atoms with Crippen molar-refractivity contribution in [3.63, 3.8) is 0 Å². The molecule has 30 heavy (non-hydrogen) atoms. The molecular weight excluding hydrogens is 383 g/mol. The number of carbonyl (C=O) groups is 4. The fourth-order valence-electron chi connectivity index (χ4n) is 2.10. The van der Waals surface area contributed by atoms with E-state index in [9.17, 15) is 23.6 Å². The second-order valence-electron chi connectivity index (χ2n) is 7.67. The molecule has 0 saturated heterocycles. The molecule has 0 N–H and O–H groups in total. The van der Waals surface area contributed by atoms with Crippen molar-refractivity contribution in [2.24, 2.45) is 11.8 Å². The van der Waals surface area contributed by atoms with Crippen LogP contribution in [0.15, 0.2) is 18.2 Å². The van der Waals surface area contributed by atoms with Gasteiger partial charge in [0.1, 0.15) is 17.4 Å². The summed E-state index contributed by atoms with van der Waals surface area (Å²) in [5.41, 5.74) is 0.494. The number of hydrogen-bond acceptors (Lipinski definition) is 4. The largest absolute Gasteiger partial charge is 0.300 e. The molecule has 1 rings (SSSR count). The van der Waals surface area contributed by atoms with Gasteiger partial charge in [0.05, 0.1) is 0 Å². The SMILES string of the molecule is CC(=O)CCC(C)C(C)=O.CCC(C)C(=O)c1cc(F)ccc1C(C)=O.CCCC. The minimum absolute atomic E-state index is 0.0453. The molecule has 0 aliphatic carbocycles. The van der Waals surface area contributed by atoms with Crippen molar-refractivity contribution in [2.45, 2.75) is 87.5 Å².